The molecule has 0 saturated carbocycles. The van der Waals surface area contributed by atoms with Gasteiger partial charge in [-0.05, 0) is 30.3 Å². The Balaban J connectivity index is 2.27. The highest BCUT2D eigenvalue weighted by atomic mass is 16.5. The molecule has 6 heteroatoms. The maximum Gasteiger partial charge on any atom is 0.130 e. The lowest BCUT2D eigenvalue weighted by atomic mass is 9.95. The third-order valence-corrected chi connectivity index (χ3v) is 4.92. The van der Waals surface area contributed by atoms with Gasteiger partial charge >= 0.3 is 0 Å². The standard InChI is InChI=1S/C24H26O6/c1-25-15-7-9-17(21(11-15)27-3)19-13-20(24(30-6)14-23(19)29-5)18-10-8-16(26-2)12-22(18)28-4/h7-14H,1-6H3. The summed E-state index contributed by atoms with van der Waals surface area (Å²) in [5.74, 6) is 4.08. The molecule has 0 atom stereocenters. The van der Waals surface area contributed by atoms with Gasteiger partial charge in [-0.25, -0.2) is 0 Å². The fraction of sp³-hybridized carbons (Fsp3) is 0.250. The maximum atomic E-state index is 5.66. The number of benzene rings is 3. The van der Waals surface area contributed by atoms with E-state index in [0.29, 0.717) is 34.5 Å². The van der Waals surface area contributed by atoms with Gasteiger partial charge in [-0.3, -0.25) is 0 Å². The molecule has 0 N–H and O–H groups in total. The molecule has 0 spiro atoms. The van der Waals surface area contributed by atoms with Crippen molar-refractivity contribution >= 4 is 0 Å². The molecule has 3 aromatic carbocycles. The molecule has 0 heterocycles. The average Bonchev–Trinajstić information content (AvgIpc) is 2.82. The first kappa shape index (κ1) is 21.2. The second-order valence-electron chi connectivity index (χ2n) is 6.39. The number of hydrogen-bond donors (Lipinski definition) is 0. The topological polar surface area (TPSA) is 55.4 Å². The van der Waals surface area contributed by atoms with E-state index < -0.39 is 0 Å². The van der Waals surface area contributed by atoms with E-state index in [1.54, 1.807) is 42.7 Å². The van der Waals surface area contributed by atoms with Gasteiger partial charge in [0.15, 0.2) is 0 Å². The van der Waals surface area contributed by atoms with Gasteiger partial charge < -0.3 is 28.4 Å². The summed E-state index contributed by atoms with van der Waals surface area (Å²) in [6.45, 7) is 0. The molecule has 158 valence electrons. The zero-order valence-electron chi connectivity index (χ0n) is 18.1. The fourth-order valence-electron chi connectivity index (χ4n) is 3.36. The smallest absolute Gasteiger partial charge is 0.130 e. The van der Waals surface area contributed by atoms with Crippen molar-refractivity contribution in [1.82, 2.24) is 0 Å². The van der Waals surface area contributed by atoms with Crippen LogP contribution in [0.5, 0.6) is 34.5 Å². The van der Waals surface area contributed by atoms with Crippen molar-refractivity contribution < 1.29 is 28.4 Å². The van der Waals surface area contributed by atoms with E-state index in [1.165, 1.54) is 0 Å². The summed E-state index contributed by atoms with van der Waals surface area (Å²) in [6, 6.07) is 15.2. The van der Waals surface area contributed by atoms with Gasteiger partial charge in [0.05, 0.1) is 42.7 Å². The summed E-state index contributed by atoms with van der Waals surface area (Å²) >= 11 is 0. The monoisotopic (exact) mass is 410 g/mol. The van der Waals surface area contributed by atoms with Gasteiger partial charge in [0.1, 0.15) is 34.5 Å². The summed E-state index contributed by atoms with van der Waals surface area (Å²) in [7, 11) is 9.75. The van der Waals surface area contributed by atoms with Crippen LogP contribution in [0.1, 0.15) is 0 Å². The van der Waals surface area contributed by atoms with E-state index in [2.05, 4.69) is 0 Å². The Morgan fingerprint density at radius 1 is 0.367 bits per heavy atom. The Morgan fingerprint density at radius 2 is 0.733 bits per heavy atom. The molecule has 0 fully saturated rings. The van der Waals surface area contributed by atoms with Crippen LogP contribution in [-0.2, 0) is 0 Å². The van der Waals surface area contributed by atoms with Crippen molar-refractivity contribution in [2.75, 3.05) is 42.7 Å². The molecule has 0 radical (unpaired) electrons. The number of rotatable bonds is 8. The molecule has 0 aromatic heterocycles. The van der Waals surface area contributed by atoms with Crippen LogP contribution in [0.25, 0.3) is 22.3 Å². The van der Waals surface area contributed by atoms with Crippen LogP contribution in [0.3, 0.4) is 0 Å². The van der Waals surface area contributed by atoms with Crippen LogP contribution >= 0.6 is 0 Å². The second kappa shape index (κ2) is 9.31. The van der Waals surface area contributed by atoms with E-state index >= 15 is 0 Å². The minimum absolute atomic E-state index is 0.659. The van der Waals surface area contributed by atoms with Crippen molar-refractivity contribution in [1.29, 1.82) is 0 Å². The Hall–Kier alpha value is -3.54. The van der Waals surface area contributed by atoms with Crippen molar-refractivity contribution in [2.45, 2.75) is 0 Å². The first-order valence-corrected chi connectivity index (χ1v) is 9.31. The summed E-state index contributed by atoms with van der Waals surface area (Å²) < 4.78 is 33.2. The predicted molar refractivity (Wildman–Crippen MR) is 117 cm³/mol. The molecule has 0 aliphatic carbocycles. The van der Waals surface area contributed by atoms with Crippen LogP contribution in [0.15, 0.2) is 48.5 Å². The number of ether oxygens (including phenoxy) is 6. The van der Waals surface area contributed by atoms with Gasteiger partial charge in [-0.15, -0.1) is 0 Å². The van der Waals surface area contributed by atoms with Gasteiger partial charge in [-0.1, -0.05) is 0 Å². The Labute approximate surface area is 176 Å². The fourth-order valence-corrected chi connectivity index (χ4v) is 3.36. The average molecular weight is 410 g/mol. The van der Waals surface area contributed by atoms with Crippen LogP contribution in [-0.4, -0.2) is 42.7 Å². The summed E-state index contributed by atoms with van der Waals surface area (Å²) in [4.78, 5) is 0. The second-order valence-corrected chi connectivity index (χ2v) is 6.39. The molecule has 6 nitrogen and oxygen atoms in total. The van der Waals surface area contributed by atoms with Crippen LogP contribution in [0, 0.1) is 0 Å². The van der Waals surface area contributed by atoms with Crippen molar-refractivity contribution in [3.8, 4) is 56.8 Å². The lowest BCUT2D eigenvalue weighted by Gasteiger charge is -2.19. The third kappa shape index (κ3) is 3.94. The van der Waals surface area contributed by atoms with Gasteiger partial charge in [0, 0.05) is 40.5 Å². The largest absolute Gasteiger partial charge is 0.497 e. The lowest BCUT2D eigenvalue weighted by molar-refractivity contribution is 0.390. The first-order valence-electron chi connectivity index (χ1n) is 9.31. The molecule has 30 heavy (non-hydrogen) atoms. The molecule has 0 bridgehead atoms. The minimum Gasteiger partial charge on any atom is -0.497 e. The molecule has 0 aliphatic rings. The van der Waals surface area contributed by atoms with Crippen molar-refractivity contribution in [3.63, 3.8) is 0 Å². The summed E-state index contributed by atoms with van der Waals surface area (Å²) in [5, 5.41) is 0. The van der Waals surface area contributed by atoms with E-state index in [0.717, 1.165) is 22.3 Å². The first-order chi connectivity index (χ1) is 14.6. The third-order valence-electron chi connectivity index (χ3n) is 4.92. The van der Waals surface area contributed by atoms with Gasteiger partial charge in [-0.2, -0.15) is 0 Å². The van der Waals surface area contributed by atoms with Gasteiger partial charge in [0.2, 0.25) is 0 Å². The predicted octanol–water partition coefficient (Wildman–Crippen LogP) is 5.07. The minimum atomic E-state index is 0.659. The zero-order valence-corrected chi connectivity index (χ0v) is 18.1. The van der Waals surface area contributed by atoms with E-state index in [4.69, 9.17) is 28.4 Å². The summed E-state index contributed by atoms with van der Waals surface area (Å²) in [6.07, 6.45) is 0. The molecule has 0 aliphatic heterocycles. The SMILES string of the molecule is COc1ccc(-c2cc(-c3ccc(OC)cc3OC)c(OC)cc2OC)c(OC)c1. The molecular weight excluding hydrogens is 384 g/mol. The maximum absolute atomic E-state index is 5.66. The van der Waals surface area contributed by atoms with Crippen LogP contribution in [0.2, 0.25) is 0 Å². The van der Waals surface area contributed by atoms with Crippen molar-refractivity contribution in [2.24, 2.45) is 0 Å². The highest BCUT2D eigenvalue weighted by Crippen LogP contribution is 2.46. The van der Waals surface area contributed by atoms with Crippen LogP contribution in [0.4, 0.5) is 0 Å². The van der Waals surface area contributed by atoms with Crippen LogP contribution < -0.4 is 28.4 Å². The Kier molecular flexibility index (Phi) is 6.57. The van der Waals surface area contributed by atoms with Gasteiger partial charge in [0.25, 0.3) is 0 Å². The molecule has 0 amide bonds. The Morgan fingerprint density at radius 3 is 1.07 bits per heavy atom. The quantitative estimate of drug-likeness (QED) is 0.517. The highest BCUT2D eigenvalue weighted by molar-refractivity contribution is 5.86. The zero-order chi connectivity index (χ0) is 21.7. The van der Waals surface area contributed by atoms with E-state index in [9.17, 15) is 0 Å². The number of hydrogen-bond acceptors (Lipinski definition) is 6. The summed E-state index contributed by atoms with van der Waals surface area (Å²) in [5.41, 5.74) is 3.44. The molecule has 0 unspecified atom stereocenters. The van der Waals surface area contributed by atoms with Crippen molar-refractivity contribution in [3.05, 3.63) is 48.5 Å². The molecular formula is C24H26O6. The highest BCUT2D eigenvalue weighted by Gasteiger charge is 2.20. The molecule has 3 rings (SSSR count). The lowest BCUT2D eigenvalue weighted by Crippen LogP contribution is -1.97. The Bertz CT molecular complexity index is 950. The normalized spacial score (nSPS) is 10.3. The van der Waals surface area contributed by atoms with E-state index in [1.807, 2.05) is 48.5 Å². The molecule has 3 aromatic rings. The van der Waals surface area contributed by atoms with E-state index in [-0.39, 0.29) is 0 Å². The molecule has 0 saturated heterocycles. The number of methoxy groups -OCH3 is 6.